The lowest BCUT2D eigenvalue weighted by Gasteiger charge is -2.23. The zero-order valence-electron chi connectivity index (χ0n) is 18.3. The van der Waals surface area contributed by atoms with E-state index in [1.807, 2.05) is 12.1 Å². The molecule has 0 radical (unpaired) electrons. The van der Waals surface area contributed by atoms with Crippen LogP contribution in [0.3, 0.4) is 0 Å². The molecular formula is C22H25ClN6O4. The molecule has 33 heavy (non-hydrogen) atoms. The van der Waals surface area contributed by atoms with Gasteiger partial charge < -0.3 is 26.2 Å². The highest BCUT2D eigenvalue weighted by molar-refractivity contribution is 6.39. The van der Waals surface area contributed by atoms with Gasteiger partial charge in [0.05, 0.1) is 5.02 Å². The van der Waals surface area contributed by atoms with Crippen molar-refractivity contribution in [3.05, 3.63) is 58.2 Å². The summed E-state index contributed by atoms with van der Waals surface area (Å²) in [6.45, 7) is 1.32. The number of likely N-dealkylation sites (N-methyl/N-ethyl adjacent to an activating group) is 1. The summed E-state index contributed by atoms with van der Waals surface area (Å²) in [5.41, 5.74) is 2.63. The van der Waals surface area contributed by atoms with E-state index in [9.17, 15) is 19.2 Å². The Labute approximate surface area is 196 Å². The second-order valence-corrected chi connectivity index (χ2v) is 8.13. The first-order valence-corrected chi connectivity index (χ1v) is 10.7. The summed E-state index contributed by atoms with van der Waals surface area (Å²) >= 11 is 5.74. The molecule has 1 aromatic carbocycles. The Balaban J connectivity index is 1.62. The van der Waals surface area contributed by atoms with E-state index in [1.165, 1.54) is 37.3 Å². The Hall–Kier alpha value is -3.50. The fourth-order valence-electron chi connectivity index (χ4n) is 3.27. The average molecular weight is 473 g/mol. The molecule has 1 aliphatic rings. The second-order valence-electron chi connectivity index (χ2n) is 7.69. The summed E-state index contributed by atoms with van der Waals surface area (Å²) in [5.74, 6) is -2.66. The van der Waals surface area contributed by atoms with Crippen molar-refractivity contribution < 1.29 is 19.2 Å². The van der Waals surface area contributed by atoms with Crippen molar-refractivity contribution in [1.29, 1.82) is 0 Å². The van der Waals surface area contributed by atoms with Crippen molar-refractivity contribution in [3.63, 3.8) is 0 Å². The predicted molar refractivity (Wildman–Crippen MR) is 123 cm³/mol. The summed E-state index contributed by atoms with van der Waals surface area (Å²) in [5, 5.41) is 11.0. The number of hydrogen-bond donors (Lipinski definition) is 4. The monoisotopic (exact) mass is 472 g/mol. The first kappa shape index (κ1) is 24.1. The molecule has 2 heterocycles. The fraction of sp³-hybridized carbons (Fsp3) is 0.318. The van der Waals surface area contributed by atoms with Gasteiger partial charge in [0.2, 0.25) is 5.91 Å². The Morgan fingerprint density at radius 1 is 1.12 bits per heavy atom. The lowest BCUT2D eigenvalue weighted by atomic mass is 9.98. The van der Waals surface area contributed by atoms with Crippen molar-refractivity contribution in [2.24, 2.45) is 0 Å². The number of benzene rings is 1. The van der Waals surface area contributed by atoms with Gasteiger partial charge in [-0.15, -0.1) is 0 Å². The fourth-order valence-corrected chi connectivity index (χ4v) is 3.38. The number of carbonyl (C=O) groups is 4. The minimum Gasteiger partial charge on any atom is -0.347 e. The molecule has 4 N–H and O–H groups in total. The highest BCUT2D eigenvalue weighted by atomic mass is 35.5. The molecule has 1 atom stereocenters. The largest absolute Gasteiger partial charge is 0.347 e. The molecule has 0 fully saturated rings. The lowest BCUT2D eigenvalue weighted by Crippen LogP contribution is -2.53. The Bertz CT molecular complexity index is 1060. The minimum absolute atomic E-state index is 0.149. The van der Waals surface area contributed by atoms with E-state index in [2.05, 4.69) is 26.3 Å². The zero-order chi connectivity index (χ0) is 24.0. The standard InChI is InChI=1S/C22H25ClN6O4/c1-29(2)22(33)17(12-26-20(31)21(32)28-18-6-5-16(23)11-25-18)27-19(30)14-3-4-15-10-24-8-7-13(15)9-14/h3-6,9,11,17,24H,7-8,10,12H2,1-2H3,(H,26,31)(H,27,30)(H,25,28,32). The Morgan fingerprint density at radius 3 is 2.61 bits per heavy atom. The second kappa shape index (κ2) is 10.9. The van der Waals surface area contributed by atoms with Crippen LogP contribution in [0.4, 0.5) is 5.82 Å². The number of aromatic nitrogens is 1. The van der Waals surface area contributed by atoms with E-state index in [-0.39, 0.29) is 12.4 Å². The van der Waals surface area contributed by atoms with E-state index in [4.69, 9.17) is 11.6 Å². The van der Waals surface area contributed by atoms with E-state index in [0.29, 0.717) is 10.6 Å². The number of anilines is 1. The number of nitrogens with zero attached hydrogens (tertiary/aromatic N) is 2. The van der Waals surface area contributed by atoms with Gasteiger partial charge in [-0.05, 0) is 48.4 Å². The number of amides is 4. The number of carbonyl (C=O) groups excluding carboxylic acids is 4. The third-order valence-corrected chi connectivity index (χ3v) is 5.26. The molecule has 11 heteroatoms. The van der Waals surface area contributed by atoms with Gasteiger partial charge in [-0.3, -0.25) is 19.2 Å². The smallest absolute Gasteiger partial charge is 0.314 e. The number of halogens is 1. The first-order valence-electron chi connectivity index (χ1n) is 10.3. The van der Waals surface area contributed by atoms with E-state index >= 15 is 0 Å². The number of fused-ring (bicyclic) bond motifs is 1. The van der Waals surface area contributed by atoms with Gasteiger partial charge in [0.25, 0.3) is 5.91 Å². The molecular weight excluding hydrogens is 448 g/mol. The summed E-state index contributed by atoms with van der Waals surface area (Å²) in [6, 6.07) is 7.30. The van der Waals surface area contributed by atoms with Gasteiger partial charge in [0, 0.05) is 38.9 Å². The maximum atomic E-state index is 12.8. The van der Waals surface area contributed by atoms with Gasteiger partial charge in [-0.1, -0.05) is 17.7 Å². The zero-order valence-corrected chi connectivity index (χ0v) is 19.0. The Morgan fingerprint density at radius 2 is 1.91 bits per heavy atom. The van der Waals surface area contributed by atoms with Crippen molar-refractivity contribution in [2.75, 3.05) is 32.5 Å². The topological polar surface area (TPSA) is 133 Å². The molecule has 10 nitrogen and oxygen atoms in total. The van der Waals surface area contributed by atoms with E-state index in [1.54, 1.807) is 6.07 Å². The molecule has 4 amide bonds. The third-order valence-electron chi connectivity index (χ3n) is 5.04. The summed E-state index contributed by atoms with van der Waals surface area (Å²) in [4.78, 5) is 54.9. The van der Waals surface area contributed by atoms with E-state index < -0.39 is 29.7 Å². The van der Waals surface area contributed by atoms with Crippen LogP contribution in [-0.4, -0.2) is 66.7 Å². The van der Waals surface area contributed by atoms with Crippen LogP contribution in [0, 0.1) is 0 Å². The SMILES string of the molecule is CN(C)C(=O)C(CNC(=O)C(=O)Nc1ccc(Cl)cn1)NC(=O)c1ccc2c(c1)CCNC2. The average Bonchev–Trinajstić information content (AvgIpc) is 2.81. The maximum Gasteiger partial charge on any atom is 0.314 e. The molecule has 0 aliphatic carbocycles. The lowest BCUT2D eigenvalue weighted by molar-refractivity contribution is -0.136. The van der Waals surface area contributed by atoms with Gasteiger partial charge in [-0.2, -0.15) is 0 Å². The first-order chi connectivity index (χ1) is 15.7. The van der Waals surface area contributed by atoms with Crippen LogP contribution in [0.1, 0.15) is 21.5 Å². The molecule has 2 aromatic rings. The molecule has 1 unspecified atom stereocenters. The van der Waals surface area contributed by atoms with Crippen LogP contribution in [0.25, 0.3) is 0 Å². The van der Waals surface area contributed by atoms with Crippen LogP contribution < -0.4 is 21.3 Å². The third kappa shape index (κ3) is 6.50. The highest BCUT2D eigenvalue weighted by Gasteiger charge is 2.25. The van der Waals surface area contributed by atoms with Crippen molar-refractivity contribution in [2.45, 2.75) is 19.0 Å². The van der Waals surface area contributed by atoms with Gasteiger partial charge in [0.15, 0.2) is 0 Å². The van der Waals surface area contributed by atoms with Crippen LogP contribution in [0.2, 0.25) is 5.02 Å². The van der Waals surface area contributed by atoms with E-state index in [0.717, 1.165) is 30.6 Å². The van der Waals surface area contributed by atoms with Crippen LogP contribution in [-0.2, 0) is 27.3 Å². The van der Waals surface area contributed by atoms with Crippen molar-refractivity contribution in [1.82, 2.24) is 25.8 Å². The highest BCUT2D eigenvalue weighted by Crippen LogP contribution is 2.16. The molecule has 0 saturated carbocycles. The quantitative estimate of drug-likeness (QED) is 0.448. The maximum absolute atomic E-state index is 12.8. The van der Waals surface area contributed by atoms with Gasteiger partial charge >= 0.3 is 11.8 Å². The molecule has 1 aliphatic heterocycles. The van der Waals surface area contributed by atoms with Crippen molar-refractivity contribution in [3.8, 4) is 0 Å². The van der Waals surface area contributed by atoms with Crippen molar-refractivity contribution >= 4 is 41.0 Å². The predicted octanol–water partition coefficient (Wildman–Crippen LogP) is 0.322. The molecule has 174 valence electrons. The molecule has 3 rings (SSSR count). The molecule has 0 bridgehead atoms. The summed E-state index contributed by atoms with van der Waals surface area (Å²) in [6.07, 6.45) is 2.14. The van der Waals surface area contributed by atoms with Crippen LogP contribution in [0.15, 0.2) is 36.5 Å². The number of hydrogen-bond acceptors (Lipinski definition) is 6. The van der Waals surface area contributed by atoms with Gasteiger partial charge in [0.1, 0.15) is 11.9 Å². The minimum atomic E-state index is -1.06. The van der Waals surface area contributed by atoms with Crippen LogP contribution >= 0.6 is 11.6 Å². The normalized spacial score (nSPS) is 13.3. The summed E-state index contributed by atoms with van der Waals surface area (Å²) < 4.78 is 0. The molecule has 1 aromatic heterocycles. The molecule has 0 saturated heterocycles. The number of pyridine rings is 1. The molecule has 0 spiro atoms. The van der Waals surface area contributed by atoms with Gasteiger partial charge in [-0.25, -0.2) is 4.98 Å². The number of rotatable bonds is 6. The summed E-state index contributed by atoms with van der Waals surface area (Å²) in [7, 11) is 3.07. The number of nitrogens with one attached hydrogen (secondary N) is 4. The Kier molecular flexibility index (Phi) is 7.96. The van der Waals surface area contributed by atoms with Crippen LogP contribution in [0.5, 0.6) is 0 Å².